The number of anilines is 1. The number of benzene rings is 1. The van der Waals surface area contributed by atoms with Crippen molar-refractivity contribution in [2.24, 2.45) is 0 Å². The SMILES string of the molecule is Cc1nc2c(s1)-c1cc(Cl)ccc1NC2. The second-order valence-electron chi connectivity index (χ2n) is 3.55. The summed E-state index contributed by atoms with van der Waals surface area (Å²) in [5.74, 6) is 0. The fraction of sp³-hybridized carbons (Fsp3) is 0.182. The van der Waals surface area contributed by atoms with Crippen LogP contribution in [0.25, 0.3) is 10.4 Å². The zero-order valence-electron chi connectivity index (χ0n) is 8.17. The maximum absolute atomic E-state index is 6.01. The van der Waals surface area contributed by atoms with Crippen molar-refractivity contribution in [2.45, 2.75) is 13.5 Å². The van der Waals surface area contributed by atoms with E-state index in [2.05, 4.69) is 10.3 Å². The summed E-state index contributed by atoms with van der Waals surface area (Å²) in [6, 6.07) is 5.93. The molecule has 0 unspecified atom stereocenters. The van der Waals surface area contributed by atoms with E-state index in [0.717, 1.165) is 28.0 Å². The zero-order valence-corrected chi connectivity index (χ0v) is 9.75. The van der Waals surface area contributed by atoms with E-state index in [1.807, 2.05) is 25.1 Å². The van der Waals surface area contributed by atoms with Crippen molar-refractivity contribution < 1.29 is 0 Å². The average Bonchev–Trinajstić information content (AvgIpc) is 2.58. The van der Waals surface area contributed by atoms with Gasteiger partial charge in [-0.3, -0.25) is 0 Å². The first-order valence-corrected chi connectivity index (χ1v) is 5.93. The lowest BCUT2D eigenvalue weighted by atomic mass is 10.1. The predicted octanol–water partition coefficient (Wildman–Crippen LogP) is 3.70. The van der Waals surface area contributed by atoms with Gasteiger partial charge in [0, 0.05) is 16.3 Å². The Kier molecular flexibility index (Phi) is 1.97. The van der Waals surface area contributed by atoms with Crippen LogP contribution in [0.1, 0.15) is 10.7 Å². The molecule has 15 heavy (non-hydrogen) atoms. The standard InChI is InChI=1S/C11H9ClN2S/c1-6-14-10-5-13-9-3-2-7(12)4-8(9)11(10)15-6/h2-4,13H,5H2,1H3. The second kappa shape index (κ2) is 3.22. The summed E-state index contributed by atoms with van der Waals surface area (Å²) in [6.45, 7) is 2.85. The number of thiazole rings is 1. The van der Waals surface area contributed by atoms with Crippen LogP contribution in [0.4, 0.5) is 5.69 Å². The number of halogens is 1. The number of fused-ring (bicyclic) bond motifs is 3. The Balaban J connectivity index is 2.27. The molecule has 0 fully saturated rings. The molecular weight excluding hydrogens is 228 g/mol. The number of aromatic nitrogens is 1. The highest BCUT2D eigenvalue weighted by Gasteiger charge is 2.19. The van der Waals surface area contributed by atoms with Crippen molar-refractivity contribution in [3.63, 3.8) is 0 Å². The molecule has 1 aromatic carbocycles. The first kappa shape index (κ1) is 9.19. The zero-order chi connectivity index (χ0) is 10.4. The minimum atomic E-state index is 0.773. The van der Waals surface area contributed by atoms with Crippen LogP contribution in [-0.2, 0) is 6.54 Å². The summed E-state index contributed by atoms with van der Waals surface area (Å²) >= 11 is 7.74. The monoisotopic (exact) mass is 236 g/mol. The number of aryl methyl sites for hydroxylation is 1. The van der Waals surface area contributed by atoms with Gasteiger partial charge in [0.15, 0.2) is 0 Å². The molecule has 4 heteroatoms. The van der Waals surface area contributed by atoms with Gasteiger partial charge in [0.2, 0.25) is 0 Å². The molecule has 0 saturated heterocycles. The van der Waals surface area contributed by atoms with Gasteiger partial charge in [0.25, 0.3) is 0 Å². The van der Waals surface area contributed by atoms with Crippen LogP contribution >= 0.6 is 22.9 Å². The maximum Gasteiger partial charge on any atom is 0.0904 e. The van der Waals surface area contributed by atoms with Crippen LogP contribution in [0.2, 0.25) is 5.02 Å². The topological polar surface area (TPSA) is 24.9 Å². The first-order chi connectivity index (χ1) is 7.24. The van der Waals surface area contributed by atoms with Gasteiger partial charge in [0.1, 0.15) is 0 Å². The second-order valence-corrected chi connectivity index (χ2v) is 5.19. The number of rotatable bonds is 0. The number of hydrogen-bond donors (Lipinski definition) is 1. The van der Waals surface area contributed by atoms with E-state index < -0.39 is 0 Å². The highest BCUT2D eigenvalue weighted by molar-refractivity contribution is 7.15. The van der Waals surface area contributed by atoms with Crippen LogP contribution in [-0.4, -0.2) is 4.98 Å². The molecule has 76 valence electrons. The highest BCUT2D eigenvalue weighted by Crippen LogP contribution is 2.40. The lowest BCUT2D eigenvalue weighted by molar-refractivity contribution is 1.04. The molecule has 1 N–H and O–H groups in total. The molecule has 0 spiro atoms. The van der Waals surface area contributed by atoms with Gasteiger partial charge in [-0.25, -0.2) is 4.98 Å². The Hall–Kier alpha value is -1.06. The molecule has 2 heterocycles. The molecule has 2 nitrogen and oxygen atoms in total. The van der Waals surface area contributed by atoms with Gasteiger partial charge in [-0.2, -0.15) is 0 Å². The van der Waals surface area contributed by atoms with E-state index in [1.54, 1.807) is 11.3 Å². The molecule has 1 aromatic heterocycles. The van der Waals surface area contributed by atoms with E-state index >= 15 is 0 Å². The van der Waals surface area contributed by atoms with Crippen LogP contribution in [0.15, 0.2) is 18.2 Å². The fourth-order valence-electron chi connectivity index (χ4n) is 1.84. The molecule has 1 aliphatic rings. The van der Waals surface area contributed by atoms with Crippen molar-refractivity contribution >= 4 is 28.6 Å². The van der Waals surface area contributed by atoms with Crippen LogP contribution < -0.4 is 5.32 Å². The number of nitrogens with zero attached hydrogens (tertiary/aromatic N) is 1. The fourth-order valence-corrected chi connectivity index (χ4v) is 2.98. The molecular formula is C11H9ClN2S. The normalized spacial score (nSPS) is 12.9. The summed E-state index contributed by atoms with van der Waals surface area (Å²) in [4.78, 5) is 5.75. The Morgan fingerprint density at radius 2 is 2.33 bits per heavy atom. The Labute approximate surface area is 96.9 Å². The van der Waals surface area contributed by atoms with Gasteiger partial charge in [-0.15, -0.1) is 11.3 Å². The summed E-state index contributed by atoms with van der Waals surface area (Å²) in [5, 5.41) is 5.22. The Bertz CT molecular complexity index is 533. The molecule has 0 saturated carbocycles. The van der Waals surface area contributed by atoms with E-state index in [1.165, 1.54) is 10.4 Å². The molecule has 0 radical (unpaired) electrons. The van der Waals surface area contributed by atoms with Gasteiger partial charge in [0.05, 0.1) is 22.1 Å². The van der Waals surface area contributed by atoms with Crippen LogP contribution in [0.5, 0.6) is 0 Å². The van der Waals surface area contributed by atoms with E-state index in [0.29, 0.717) is 0 Å². The molecule has 2 aromatic rings. The predicted molar refractivity (Wildman–Crippen MR) is 64.6 cm³/mol. The number of hydrogen-bond acceptors (Lipinski definition) is 3. The minimum Gasteiger partial charge on any atom is -0.379 e. The lowest BCUT2D eigenvalue weighted by Crippen LogP contribution is -2.07. The van der Waals surface area contributed by atoms with Gasteiger partial charge in [-0.1, -0.05) is 11.6 Å². The smallest absolute Gasteiger partial charge is 0.0904 e. The van der Waals surface area contributed by atoms with Crippen molar-refractivity contribution in [1.29, 1.82) is 0 Å². The number of nitrogens with one attached hydrogen (secondary N) is 1. The minimum absolute atomic E-state index is 0.773. The van der Waals surface area contributed by atoms with Crippen LogP contribution in [0, 0.1) is 6.92 Å². The first-order valence-electron chi connectivity index (χ1n) is 4.74. The molecule has 0 atom stereocenters. The van der Waals surface area contributed by atoms with Crippen molar-refractivity contribution in [1.82, 2.24) is 4.98 Å². The average molecular weight is 237 g/mol. The van der Waals surface area contributed by atoms with E-state index in [-0.39, 0.29) is 0 Å². The van der Waals surface area contributed by atoms with Crippen LogP contribution in [0.3, 0.4) is 0 Å². The summed E-state index contributed by atoms with van der Waals surface area (Å²) in [6.07, 6.45) is 0. The van der Waals surface area contributed by atoms with Gasteiger partial charge < -0.3 is 5.32 Å². The summed E-state index contributed by atoms with van der Waals surface area (Å²) < 4.78 is 0. The van der Waals surface area contributed by atoms with E-state index in [4.69, 9.17) is 11.6 Å². The van der Waals surface area contributed by atoms with Crippen molar-refractivity contribution in [2.75, 3.05) is 5.32 Å². The third-order valence-electron chi connectivity index (χ3n) is 2.48. The molecule has 0 bridgehead atoms. The van der Waals surface area contributed by atoms with Gasteiger partial charge >= 0.3 is 0 Å². The molecule has 0 aliphatic carbocycles. The quantitative estimate of drug-likeness (QED) is 0.755. The highest BCUT2D eigenvalue weighted by atomic mass is 35.5. The third kappa shape index (κ3) is 1.43. The Morgan fingerprint density at radius 3 is 3.20 bits per heavy atom. The lowest BCUT2D eigenvalue weighted by Gasteiger charge is -2.17. The largest absolute Gasteiger partial charge is 0.379 e. The van der Waals surface area contributed by atoms with Crippen molar-refractivity contribution in [3.05, 3.63) is 33.9 Å². The summed E-state index contributed by atoms with van der Waals surface area (Å²) in [5.41, 5.74) is 3.46. The molecule has 1 aliphatic heterocycles. The maximum atomic E-state index is 6.01. The third-order valence-corrected chi connectivity index (χ3v) is 3.76. The Morgan fingerprint density at radius 1 is 1.47 bits per heavy atom. The molecule has 0 amide bonds. The van der Waals surface area contributed by atoms with Crippen molar-refractivity contribution in [3.8, 4) is 10.4 Å². The molecule has 3 rings (SSSR count). The summed E-state index contributed by atoms with van der Waals surface area (Å²) in [7, 11) is 0. The van der Waals surface area contributed by atoms with Gasteiger partial charge in [-0.05, 0) is 25.1 Å². The van der Waals surface area contributed by atoms with E-state index in [9.17, 15) is 0 Å².